The van der Waals surface area contributed by atoms with Crippen LogP contribution in [0.1, 0.15) is 25.5 Å². The highest BCUT2D eigenvalue weighted by Crippen LogP contribution is 2.34. The molecule has 0 spiro atoms. The molecule has 0 aliphatic carbocycles. The summed E-state index contributed by atoms with van der Waals surface area (Å²) in [5.41, 5.74) is 1.97. The normalized spacial score (nSPS) is 18.5. The Morgan fingerprint density at radius 2 is 2.36 bits per heavy atom. The Hall–Kier alpha value is -2.65. The monoisotopic (exact) mass is 335 g/mol. The number of rotatable bonds is 4. The number of aromatic nitrogens is 3. The first-order valence-corrected chi connectivity index (χ1v) is 8.80. The molecule has 1 atom stereocenters. The van der Waals surface area contributed by atoms with Crippen molar-refractivity contribution < 1.29 is 4.74 Å². The lowest BCUT2D eigenvalue weighted by atomic mass is 9.99. The van der Waals surface area contributed by atoms with Crippen molar-refractivity contribution in [3.8, 4) is 11.8 Å². The molecule has 4 rings (SSSR count). The van der Waals surface area contributed by atoms with Crippen LogP contribution in [-0.4, -0.2) is 46.1 Å². The summed E-state index contributed by atoms with van der Waals surface area (Å²) in [5.74, 6) is 1.06. The predicted molar refractivity (Wildman–Crippen MR) is 96.4 cm³/mol. The van der Waals surface area contributed by atoms with Crippen LogP contribution in [0, 0.1) is 17.2 Å². The molecule has 3 aromatic rings. The summed E-state index contributed by atoms with van der Waals surface area (Å²) in [4.78, 5) is 14.3. The van der Waals surface area contributed by atoms with Crippen molar-refractivity contribution in [2.75, 3.05) is 26.2 Å². The van der Waals surface area contributed by atoms with E-state index in [0.29, 0.717) is 24.0 Å². The SMILES string of the molecule is CCN1CCC[C@H](COc2c(C#N)ncc3[nH]c4ncccc4c23)C1. The van der Waals surface area contributed by atoms with E-state index in [1.54, 1.807) is 12.4 Å². The van der Waals surface area contributed by atoms with Gasteiger partial charge in [0, 0.05) is 24.0 Å². The number of ether oxygens (including phenoxy) is 1. The molecule has 1 N–H and O–H groups in total. The average Bonchev–Trinajstić information content (AvgIpc) is 3.05. The smallest absolute Gasteiger partial charge is 0.183 e. The van der Waals surface area contributed by atoms with Crippen LogP contribution in [0.5, 0.6) is 5.75 Å². The van der Waals surface area contributed by atoms with Crippen LogP contribution in [0.4, 0.5) is 0 Å². The first-order valence-electron chi connectivity index (χ1n) is 8.80. The molecule has 4 heterocycles. The van der Waals surface area contributed by atoms with Gasteiger partial charge >= 0.3 is 0 Å². The summed E-state index contributed by atoms with van der Waals surface area (Å²) in [6, 6.07) is 6.06. The van der Waals surface area contributed by atoms with Gasteiger partial charge in [0.2, 0.25) is 0 Å². The molecule has 1 fully saturated rings. The van der Waals surface area contributed by atoms with Gasteiger partial charge in [-0.2, -0.15) is 5.26 Å². The lowest BCUT2D eigenvalue weighted by Crippen LogP contribution is -2.37. The minimum Gasteiger partial charge on any atom is -0.489 e. The Bertz CT molecular complexity index is 942. The standard InChI is InChI=1S/C19H21N5O/c1-2-24-8-4-5-13(11-24)12-25-18-15(9-20)22-10-16-17(18)14-6-3-7-21-19(14)23-16/h3,6-7,10,13H,2,4-5,8,11-12H2,1H3,(H,21,23)/t13-/m0/s1. The first-order chi connectivity index (χ1) is 12.3. The molecular formula is C19H21N5O. The quantitative estimate of drug-likeness (QED) is 0.793. The summed E-state index contributed by atoms with van der Waals surface area (Å²) in [6.07, 6.45) is 5.80. The van der Waals surface area contributed by atoms with E-state index < -0.39 is 0 Å². The molecule has 0 bridgehead atoms. The van der Waals surface area contributed by atoms with Crippen LogP contribution in [0.25, 0.3) is 21.9 Å². The fraction of sp³-hybridized carbons (Fsp3) is 0.421. The van der Waals surface area contributed by atoms with Crippen molar-refractivity contribution in [1.29, 1.82) is 5.26 Å². The first kappa shape index (κ1) is 15.9. The van der Waals surface area contributed by atoms with Gasteiger partial charge in [-0.05, 0) is 38.1 Å². The molecule has 25 heavy (non-hydrogen) atoms. The van der Waals surface area contributed by atoms with E-state index in [1.807, 2.05) is 12.1 Å². The number of nitrogens with zero attached hydrogens (tertiary/aromatic N) is 4. The van der Waals surface area contributed by atoms with E-state index in [0.717, 1.165) is 41.4 Å². The molecule has 0 unspecified atom stereocenters. The fourth-order valence-corrected chi connectivity index (χ4v) is 3.69. The van der Waals surface area contributed by atoms with Gasteiger partial charge in [0.25, 0.3) is 0 Å². The van der Waals surface area contributed by atoms with E-state index >= 15 is 0 Å². The van der Waals surface area contributed by atoms with Gasteiger partial charge in [-0.25, -0.2) is 9.97 Å². The maximum Gasteiger partial charge on any atom is 0.183 e. The summed E-state index contributed by atoms with van der Waals surface area (Å²) in [6.45, 7) is 6.10. The van der Waals surface area contributed by atoms with Gasteiger partial charge in [0.1, 0.15) is 11.7 Å². The van der Waals surface area contributed by atoms with Crippen molar-refractivity contribution in [3.63, 3.8) is 0 Å². The van der Waals surface area contributed by atoms with Crippen molar-refractivity contribution in [3.05, 3.63) is 30.2 Å². The van der Waals surface area contributed by atoms with Crippen LogP contribution in [0.15, 0.2) is 24.5 Å². The molecule has 6 nitrogen and oxygen atoms in total. The Morgan fingerprint density at radius 1 is 1.44 bits per heavy atom. The number of aromatic amines is 1. The zero-order chi connectivity index (χ0) is 17.2. The topological polar surface area (TPSA) is 77.8 Å². The van der Waals surface area contributed by atoms with E-state index in [2.05, 4.69) is 32.8 Å². The van der Waals surface area contributed by atoms with Crippen molar-refractivity contribution in [1.82, 2.24) is 19.9 Å². The average molecular weight is 335 g/mol. The van der Waals surface area contributed by atoms with Gasteiger partial charge in [-0.15, -0.1) is 0 Å². The van der Waals surface area contributed by atoms with Crippen LogP contribution in [0.3, 0.4) is 0 Å². The van der Waals surface area contributed by atoms with E-state index in [4.69, 9.17) is 4.74 Å². The molecule has 3 aromatic heterocycles. The zero-order valence-corrected chi connectivity index (χ0v) is 14.3. The second-order valence-corrected chi connectivity index (χ2v) is 6.57. The summed E-state index contributed by atoms with van der Waals surface area (Å²) in [7, 11) is 0. The Balaban J connectivity index is 1.69. The minimum atomic E-state index is 0.334. The number of likely N-dealkylation sites (tertiary alicyclic amines) is 1. The van der Waals surface area contributed by atoms with Crippen LogP contribution in [0.2, 0.25) is 0 Å². The molecule has 1 saturated heterocycles. The van der Waals surface area contributed by atoms with Crippen molar-refractivity contribution in [2.45, 2.75) is 19.8 Å². The Kier molecular flexibility index (Phi) is 4.24. The molecule has 6 heteroatoms. The molecule has 0 saturated carbocycles. The van der Waals surface area contributed by atoms with Crippen molar-refractivity contribution >= 4 is 21.9 Å². The van der Waals surface area contributed by atoms with Crippen LogP contribution >= 0.6 is 0 Å². The number of nitriles is 1. The lowest BCUT2D eigenvalue weighted by molar-refractivity contribution is 0.135. The number of nitrogens with one attached hydrogen (secondary N) is 1. The largest absolute Gasteiger partial charge is 0.489 e. The predicted octanol–water partition coefficient (Wildman–Crippen LogP) is 3.09. The summed E-state index contributed by atoms with van der Waals surface area (Å²) in [5, 5.41) is 11.3. The Labute approximate surface area is 146 Å². The highest BCUT2D eigenvalue weighted by molar-refractivity contribution is 6.09. The van der Waals surface area contributed by atoms with Crippen LogP contribution in [-0.2, 0) is 0 Å². The lowest BCUT2D eigenvalue weighted by Gasteiger charge is -2.31. The van der Waals surface area contributed by atoms with E-state index in [1.165, 1.54) is 13.0 Å². The van der Waals surface area contributed by atoms with Gasteiger partial charge < -0.3 is 14.6 Å². The second-order valence-electron chi connectivity index (χ2n) is 6.57. The summed E-state index contributed by atoms with van der Waals surface area (Å²) < 4.78 is 6.18. The number of H-pyrrole nitrogens is 1. The van der Waals surface area contributed by atoms with Crippen molar-refractivity contribution in [2.24, 2.45) is 5.92 Å². The molecular weight excluding hydrogens is 314 g/mol. The maximum absolute atomic E-state index is 9.48. The highest BCUT2D eigenvalue weighted by Gasteiger charge is 2.22. The minimum absolute atomic E-state index is 0.334. The van der Waals surface area contributed by atoms with Crippen LogP contribution < -0.4 is 4.74 Å². The molecule has 0 radical (unpaired) electrons. The maximum atomic E-state index is 9.48. The number of hydrogen-bond donors (Lipinski definition) is 1. The van der Waals surface area contributed by atoms with E-state index in [9.17, 15) is 5.26 Å². The summed E-state index contributed by atoms with van der Waals surface area (Å²) >= 11 is 0. The fourth-order valence-electron chi connectivity index (χ4n) is 3.69. The number of fused-ring (bicyclic) bond motifs is 3. The van der Waals surface area contributed by atoms with E-state index in [-0.39, 0.29) is 0 Å². The molecule has 0 aromatic carbocycles. The third-order valence-electron chi connectivity index (χ3n) is 4.98. The number of pyridine rings is 2. The van der Waals surface area contributed by atoms with Gasteiger partial charge in [-0.1, -0.05) is 6.92 Å². The highest BCUT2D eigenvalue weighted by atomic mass is 16.5. The number of piperidine rings is 1. The van der Waals surface area contributed by atoms with Gasteiger partial charge in [0.05, 0.1) is 23.7 Å². The third-order valence-corrected chi connectivity index (χ3v) is 4.98. The molecule has 1 aliphatic rings. The Morgan fingerprint density at radius 3 is 3.20 bits per heavy atom. The van der Waals surface area contributed by atoms with Gasteiger partial charge in [0.15, 0.2) is 11.4 Å². The molecule has 0 amide bonds. The molecule has 1 aliphatic heterocycles. The second kappa shape index (κ2) is 6.69. The molecule has 128 valence electrons. The zero-order valence-electron chi connectivity index (χ0n) is 14.3. The van der Waals surface area contributed by atoms with Gasteiger partial charge in [-0.3, -0.25) is 0 Å². The third kappa shape index (κ3) is 2.92. The number of hydrogen-bond acceptors (Lipinski definition) is 5.